The third kappa shape index (κ3) is 5.77. The number of aryl methyl sites for hydroxylation is 1. The predicted octanol–water partition coefficient (Wildman–Crippen LogP) is 4.15. The van der Waals surface area contributed by atoms with Crippen molar-refractivity contribution in [2.45, 2.75) is 13.0 Å². The first-order chi connectivity index (χ1) is 13.4. The Bertz CT molecular complexity index is 805. The number of aliphatic hydroxyl groups is 1. The Hall–Kier alpha value is -0.970. The Morgan fingerprint density at radius 1 is 1.29 bits per heavy atom. The molecule has 28 heavy (non-hydrogen) atoms. The van der Waals surface area contributed by atoms with Gasteiger partial charge in [-0.3, -0.25) is 9.74 Å². The molecule has 1 saturated heterocycles. The van der Waals surface area contributed by atoms with E-state index in [1.165, 1.54) is 12.1 Å². The van der Waals surface area contributed by atoms with Crippen LogP contribution in [0.4, 0.5) is 15.8 Å². The van der Waals surface area contributed by atoms with Gasteiger partial charge in [-0.05, 0) is 65.4 Å². The van der Waals surface area contributed by atoms with Crippen molar-refractivity contribution in [3.63, 3.8) is 0 Å². The molecule has 152 valence electrons. The van der Waals surface area contributed by atoms with Gasteiger partial charge in [0.25, 0.3) is 0 Å². The zero-order valence-corrected chi connectivity index (χ0v) is 18.5. The number of hydrogen-bond donors (Lipinski definition) is 1. The predicted molar refractivity (Wildman–Crippen MR) is 117 cm³/mol. The number of aliphatic hydroxyl groups excluding tert-OH is 1. The number of ether oxygens (including phenoxy) is 1. The van der Waals surface area contributed by atoms with Crippen molar-refractivity contribution in [3.05, 3.63) is 56.4 Å². The summed E-state index contributed by atoms with van der Waals surface area (Å²) in [6, 6.07) is 10.4. The van der Waals surface area contributed by atoms with Gasteiger partial charge in [-0.1, -0.05) is 11.6 Å². The highest BCUT2D eigenvalue weighted by molar-refractivity contribution is 14.1. The quantitative estimate of drug-likeness (QED) is 0.439. The summed E-state index contributed by atoms with van der Waals surface area (Å²) < 4.78 is 20.5. The number of morpholine rings is 1. The van der Waals surface area contributed by atoms with Crippen LogP contribution in [0.1, 0.15) is 5.56 Å². The summed E-state index contributed by atoms with van der Waals surface area (Å²) in [6.45, 7) is 5.46. The van der Waals surface area contributed by atoms with Crippen molar-refractivity contribution in [2.75, 3.05) is 44.5 Å². The molecule has 5 nitrogen and oxygen atoms in total. The van der Waals surface area contributed by atoms with E-state index in [4.69, 9.17) is 21.2 Å². The lowest BCUT2D eigenvalue weighted by Crippen LogP contribution is -2.42. The zero-order chi connectivity index (χ0) is 20.1. The number of nitrogens with zero attached hydrogens (tertiary/aromatic N) is 2. The van der Waals surface area contributed by atoms with Crippen LogP contribution < -0.4 is 5.06 Å². The van der Waals surface area contributed by atoms with Gasteiger partial charge in [0.05, 0.1) is 35.7 Å². The van der Waals surface area contributed by atoms with E-state index in [0.717, 1.165) is 27.9 Å². The molecule has 2 aromatic carbocycles. The first-order valence-corrected chi connectivity index (χ1v) is 10.5. The number of anilines is 2. The molecule has 0 spiro atoms. The highest BCUT2D eigenvalue weighted by Crippen LogP contribution is 2.32. The standard InChI is InChI=1S/C20H23ClFIN2O3/c1-14-10-15(23)2-5-20(14)25(16-3-4-18(21)19(22)11-16)28-13-17(26)12-24-6-8-27-9-7-24/h2-5,10-11,17,26H,6-9,12-13H2,1H3. The minimum atomic E-state index is -0.679. The average molecular weight is 521 g/mol. The first-order valence-electron chi connectivity index (χ1n) is 9.06. The molecule has 1 aliphatic heterocycles. The lowest BCUT2D eigenvalue weighted by molar-refractivity contribution is -0.0142. The van der Waals surface area contributed by atoms with Gasteiger partial charge in [0.2, 0.25) is 0 Å². The van der Waals surface area contributed by atoms with Crippen molar-refractivity contribution < 1.29 is 19.1 Å². The molecule has 0 amide bonds. The molecule has 1 aliphatic rings. The van der Waals surface area contributed by atoms with E-state index in [9.17, 15) is 9.50 Å². The molecule has 0 bridgehead atoms. The van der Waals surface area contributed by atoms with Crippen LogP contribution in [0.2, 0.25) is 5.02 Å². The maximum atomic E-state index is 14.0. The summed E-state index contributed by atoms with van der Waals surface area (Å²) in [5.74, 6) is -0.523. The fraction of sp³-hybridized carbons (Fsp3) is 0.400. The van der Waals surface area contributed by atoms with Crippen LogP contribution in [0, 0.1) is 16.3 Å². The van der Waals surface area contributed by atoms with Crippen molar-refractivity contribution >= 4 is 45.6 Å². The fourth-order valence-corrected chi connectivity index (χ4v) is 3.80. The van der Waals surface area contributed by atoms with E-state index in [-0.39, 0.29) is 11.6 Å². The molecular weight excluding hydrogens is 498 g/mol. The molecule has 1 fully saturated rings. The molecule has 1 unspecified atom stereocenters. The number of hydrogen-bond acceptors (Lipinski definition) is 5. The van der Waals surface area contributed by atoms with Gasteiger partial charge in [-0.2, -0.15) is 0 Å². The lowest BCUT2D eigenvalue weighted by atomic mass is 10.2. The fourth-order valence-electron chi connectivity index (χ4n) is 3.04. The molecule has 1 atom stereocenters. The van der Waals surface area contributed by atoms with Crippen molar-refractivity contribution in [2.24, 2.45) is 0 Å². The number of rotatable bonds is 7. The molecule has 0 saturated carbocycles. The zero-order valence-electron chi connectivity index (χ0n) is 15.6. The summed E-state index contributed by atoms with van der Waals surface area (Å²) in [5, 5.41) is 12.0. The SMILES string of the molecule is Cc1cc(I)ccc1N(OCC(O)CN1CCOCC1)c1ccc(Cl)c(F)c1. The summed E-state index contributed by atoms with van der Waals surface area (Å²) in [6.07, 6.45) is -0.679. The van der Waals surface area contributed by atoms with E-state index in [2.05, 4.69) is 27.5 Å². The van der Waals surface area contributed by atoms with Crippen molar-refractivity contribution in [1.82, 2.24) is 4.90 Å². The maximum Gasteiger partial charge on any atom is 0.143 e. The van der Waals surface area contributed by atoms with Crippen molar-refractivity contribution in [1.29, 1.82) is 0 Å². The normalized spacial score (nSPS) is 16.2. The molecular formula is C20H23ClFIN2O3. The minimum Gasteiger partial charge on any atom is -0.389 e. The smallest absolute Gasteiger partial charge is 0.143 e. The van der Waals surface area contributed by atoms with Gasteiger partial charge in [-0.25, -0.2) is 9.45 Å². The molecule has 0 aliphatic carbocycles. The van der Waals surface area contributed by atoms with Gasteiger partial charge in [0.15, 0.2) is 0 Å². The van der Waals surface area contributed by atoms with E-state index in [1.54, 1.807) is 11.1 Å². The average Bonchev–Trinajstić information content (AvgIpc) is 2.67. The second-order valence-electron chi connectivity index (χ2n) is 6.69. The van der Waals surface area contributed by atoms with Crippen LogP contribution in [0.3, 0.4) is 0 Å². The Labute approximate surface area is 183 Å². The lowest BCUT2D eigenvalue weighted by Gasteiger charge is -2.30. The van der Waals surface area contributed by atoms with E-state index >= 15 is 0 Å². The summed E-state index contributed by atoms with van der Waals surface area (Å²) in [4.78, 5) is 8.09. The number of benzene rings is 2. The van der Waals surface area contributed by atoms with Crippen LogP contribution in [0.25, 0.3) is 0 Å². The third-order valence-electron chi connectivity index (χ3n) is 4.48. The van der Waals surface area contributed by atoms with E-state index < -0.39 is 11.9 Å². The Morgan fingerprint density at radius 2 is 2.04 bits per heavy atom. The van der Waals surface area contributed by atoms with Crippen molar-refractivity contribution in [3.8, 4) is 0 Å². The Kier molecular flexibility index (Phi) is 7.90. The summed E-state index contributed by atoms with van der Waals surface area (Å²) in [5.41, 5.74) is 2.26. The van der Waals surface area contributed by atoms with Gasteiger partial charge >= 0.3 is 0 Å². The van der Waals surface area contributed by atoms with Gasteiger partial charge in [0, 0.05) is 29.3 Å². The monoisotopic (exact) mass is 520 g/mol. The first kappa shape index (κ1) is 21.7. The topological polar surface area (TPSA) is 45.2 Å². The second-order valence-corrected chi connectivity index (χ2v) is 8.34. The molecule has 2 aromatic rings. The third-order valence-corrected chi connectivity index (χ3v) is 5.46. The maximum absolute atomic E-state index is 14.0. The van der Waals surface area contributed by atoms with E-state index in [1.807, 2.05) is 25.1 Å². The Morgan fingerprint density at radius 3 is 2.71 bits per heavy atom. The van der Waals surface area contributed by atoms with Crippen LogP contribution in [-0.2, 0) is 9.57 Å². The van der Waals surface area contributed by atoms with Crippen LogP contribution in [0.15, 0.2) is 36.4 Å². The largest absolute Gasteiger partial charge is 0.389 e. The molecule has 0 aromatic heterocycles. The van der Waals surface area contributed by atoms with Crippen LogP contribution >= 0.6 is 34.2 Å². The number of halogens is 3. The van der Waals surface area contributed by atoms with E-state index in [0.29, 0.717) is 25.4 Å². The van der Waals surface area contributed by atoms with Gasteiger partial charge in [-0.15, -0.1) is 0 Å². The second kappa shape index (κ2) is 10.2. The molecule has 3 rings (SSSR count). The van der Waals surface area contributed by atoms with Crippen LogP contribution in [0.5, 0.6) is 0 Å². The highest BCUT2D eigenvalue weighted by Gasteiger charge is 2.19. The Balaban J connectivity index is 1.76. The minimum absolute atomic E-state index is 0.0513. The summed E-state index contributed by atoms with van der Waals surface area (Å²) in [7, 11) is 0. The molecule has 1 N–H and O–H groups in total. The molecule has 0 radical (unpaired) electrons. The summed E-state index contributed by atoms with van der Waals surface area (Å²) >= 11 is 8.07. The van der Waals surface area contributed by atoms with Gasteiger partial charge in [0.1, 0.15) is 12.4 Å². The molecule has 8 heteroatoms. The molecule has 1 heterocycles. The van der Waals surface area contributed by atoms with Gasteiger partial charge < -0.3 is 9.84 Å². The highest BCUT2D eigenvalue weighted by atomic mass is 127. The number of β-amino-alcohol motifs (C(OH)–C–C–N with tert-alkyl or cyclic N) is 1. The van der Waals surface area contributed by atoms with Crippen LogP contribution in [-0.4, -0.2) is 55.6 Å².